The van der Waals surface area contributed by atoms with Crippen molar-refractivity contribution in [2.45, 2.75) is 32.7 Å². The highest BCUT2D eigenvalue weighted by molar-refractivity contribution is 5.70. The first-order valence-electron chi connectivity index (χ1n) is 7.87. The molecule has 22 heavy (non-hydrogen) atoms. The summed E-state index contributed by atoms with van der Waals surface area (Å²) in [7, 11) is 0. The third-order valence-corrected chi connectivity index (χ3v) is 4.56. The average molecular weight is 292 g/mol. The first kappa shape index (κ1) is 13.3. The van der Waals surface area contributed by atoms with E-state index in [9.17, 15) is 0 Å². The Balaban J connectivity index is 1.82. The van der Waals surface area contributed by atoms with Crippen molar-refractivity contribution < 1.29 is 0 Å². The predicted molar refractivity (Wildman–Crippen MR) is 88.2 cm³/mol. The van der Waals surface area contributed by atoms with Gasteiger partial charge in [0.1, 0.15) is 5.52 Å². The fourth-order valence-electron chi connectivity index (χ4n) is 3.56. The van der Waals surface area contributed by atoms with Crippen LogP contribution in [0.2, 0.25) is 0 Å². The number of aromatic nitrogens is 3. The van der Waals surface area contributed by atoms with E-state index in [0.717, 1.165) is 23.6 Å². The highest BCUT2D eigenvalue weighted by Crippen LogP contribution is 2.38. The summed E-state index contributed by atoms with van der Waals surface area (Å²) in [5.74, 6) is 1.05. The number of rotatable bonds is 2. The Hall–Kier alpha value is -2.36. The average Bonchev–Trinajstić information content (AvgIpc) is 3.12. The molecule has 1 aliphatic heterocycles. The van der Waals surface area contributed by atoms with Gasteiger partial charge >= 0.3 is 0 Å². The molecule has 1 aromatic carbocycles. The summed E-state index contributed by atoms with van der Waals surface area (Å²) in [6, 6.07) is 11.2. The first-order valence-corrected chi connectivity index (χ1v) is 7.87. The monoisotopic (exact) mass is 292 g/mol. The Labute approximate surface area is 130 Å². The molecule has 1 unspecified atom stereocenters. The van der Waals surface area contributed by atoms with E-state index >= 15 is 0 Å². The molecule has 0 spiro atoms. The number of benzene rings is 1. The lowest BCUT2D eigenvalue weighted by Crippen LogP contribution is -2.24. The smallest absolute Gasteiger partial charge is 0.155 e. The van der Waals surface area contributed by atoms with E-state index in [1.54, 1.807) is 0 Å². The van der Waals surface area contributed by atoms with Crippen molar-refractivity contribution >= 4 is 11.3 Å². The molecule has 0 saturated carbocycles. The summed E-state index contributed by atoms with van der Waals surface area (Å²) < 4.78 is 1.94. The lowest BCUT2D eigenvalue weighted by molar-refractivity contribution is 0.706. The second kappa shape index (κ2) is 5.13. The molecular weight excluding hydrogens is 272 g/mol. The van der Waals surface area contributed by atoms with E-state index in [-0.39, 0.29) is 0 Å². The minimum Gasteiger partial charge on any atom is -0.348 e. The van der Waals surface area contributed by atoms with Gasteiger partial charge in [-0.25, -0.2) is 9.50 Å². The molecule has 3 aromatic rings. The molecule has 1 aliphatic rings. The highest BCUT2D eigenvalue weighted by atomic mass is 15.3. The fourth-order valence-corrected chi connectivity index (χ4v) is 3.56. The highest BCUT2D eigenvalue weighted by Gasteiger charge is 2.29. The molecule has 1 fully saturated rings. The number of hydrogen-bond acceptors (Lipinski definition) is 3. The minimum atomic E-state index is 0.412. The van der Waals surface area contributed by atoms with Crippen molar-refractivity contribution in [3.8, 4) is 0 Å². The molecule has 0 N–H and O–H groups in total. The van der Waals surface area contributed by atoms with E-state index in [1.165, 1.54) is 24.0 Å². The van der Waals surface area contributed by atoms with Crippen molar-refractivity contribution in [3.05, 3.63) is 59.5 Å². The van der Waals surface area contributed by atoms with Crippen LogP contribution >= 0.6 is 0 Å². The van der Waals surface area contributed by atoms with Crippen LogP contribution in [0, 0.1) is 13.8 Å². The maximum atomic E-state index is 4.67. The molecule has 2 aromatic heterocycles. The van der Waals surface area contributed by atoms with Crippen molar-refractivity contribution in [2.24, 2.45) is 0 Å². The third-order valence-electron chi connectivity index (χ3n) is 4.56. The van der Waals surface area contributed by atoms with Crippen molar-refractivity contribution in [1.82, 2.24) is 14.6 Å². The van der Waals surface area contributed by atoms with E-state index in [1.807, 2.05) is 23.8 Å². The summed E-state index contributed by atoms with van der Waals surface area (Å²) in [5, 5.41) is 4.51. The molecule has 4 heteroatoms. The molecule has 0 aliphatic carbocycles. The molecular formula is C18H20N4. The van der Waals surface area contributed by atoms with Crippen LogP contribution in [-0.2, 0) is 0 Å². The Morgan fingerprint density at radius 3 is 2.91 bits per heavy atom. The first-order chi connectivity index (χ1) is 10.7. The lowest BCUT2D eigenvalue weighted by atomic mass is 9.99. The van der Waals surface area contributed by atoms with Crippen LogP contribution in [0.25, 0.3) is 5.52 Å². The minimum absolute atomic E-state index is 0.412. The molecule has 1 atom stereocenters. The Morgan fingerprint density at radius 1 is 1.18 bits per heavy atom. The van der Waals surface area contributed by atoms with Crippen LogP contribution < -0.4 is 4.90 Å². The molecule has 0 amide bonds. The lowest BCUT2D eigenvalue weighted by Gasteiger charge is -2.27. The van der Waals surface area contributed by atoms with Crippen LogP contribution in [0.5, 0.6) is 0 Å². The fraction of sp³-hybridized carbons (Fsp3) is 0.333. The second-order valence-corrected chi connectivity index (χ2v) is 6.07. The second-order valence-electron chi connectivity index (χ2n) is 6.07. The van der Waals surface area contributed by atoms with Crippen LogP contribution in [0.15, 0.2) is 42.7 Å². The van der Waals surface area contributed by atoms with Gasteiger partial charge in [0.25, 0.3) is 0 Å². The van der Waals surface area contributed by atoms with Gasteiger partial charge in [-0.15, -0.1) is 0 Å². The number of hydrogen-bond donors (Lipinski definition) is 0. The zero-order chi connectivity index (χ0) is 15.1. The number of fused-ring (bicyclic) bond motifs is 1. The summed E-state index contributed by atoms with van der Waals surface area (Å²) in [6.07, 6.45) is 6.16. The quantitative estimate of drug-likeness (QED) is 0.722. The van der Waals surface area contributed by atoms with Crippen molar-refractivity contribution in [2.75, 3.05) is 11.4 Å². The van der Waals surface area contributed by atoms with Gasteiger partial charge in [0.05, 0.1) is 11.7 Å². The van der Waals surface area contributed by atoms with Gasteiger partial charge in [0, 0.05) is 18.9 Å². The zero-order valence-corrected chi connectivity index (χ0v) is 13.0. The zero-order valence-electron chi connectivity index (χ0n) is 13.0. The number of anilines is 1. The largest absolute Gasteiger partial charge is 0.348 e. The van der Waals surface area contributed by atoms with Crippen molar-refractivity contribution in [1.29, 1.82) is 0 Å². The van der Waals surface area contributed by atoms with Gasteiger partial charge < -0.3 is 4.90 Å². The van der Waals surface area contributed by atoms with E-state index < -0.39 is 0 Å². The van der Waals surface area contributed by atoms with Gasteiger partial charge in [-0.1, -0.05) is 24.3 Å². The van der Waals surface area contributed by atoms with E-state index in [0.29, 0.717) is 6.04 Å². The Kier molecular flexibility index (Phi) is 3.10. The predicted octanol–water partition coefficient (Wildman–Crippen LogP) is 3.69. The molecule has 4 nitrogen and oxygen atoms in total. The molecule has 112 valence electrons. The van der Waals surface area contributed by atoms with E-state index in [4.69, 9.17) is 0 Å². The summed E-state index contributed by atoms with van der Waals surface area (Å²) in [5.41, 5.74) is 4.90. The van der Waals surface area contributed by atoms with Gasteiger partial charge in [-0.05, 0) is 43.9 Å². The molecule has 0 bridgehead atoms. The topological polar surface area (TPSA) is 33.4 Å². The van der Waals surface area contributed by atoms with E-state index in [2.05, 4.69) is 52.2 Å². The summed E-state index contributed by atoms with van der Waals surface area (Å²) in [6.45, 7) is 5.28. The van der Waals surface area contributed by atoms with Crippen LogP contribution in [0.4, 0.5) is 5.82 Å². The molecule has 0 radical (unpaired) electrons. The van der Waals surface area contributed by atoms with Gasteiger partial charge in [-0.3, -0.25) is 0 Å². The normalized spacial score (nSPS) is 18.3. The molecule has 4 rings (SSSR count). The van der Waals surface area contributed by atoms with Gasteiger partial charge in [0.2, 0.25) is 0 Å². The number of aryl methyl sites for hydroxylation is 2. The molecule has 1 saturated heterocycles. The summed E-state index contributed by atoms with van der Waals surface area (Å²) in [4.78, 5) is 7.12. The maximum absolute atomic E-state index is 4.67. The molecule has 3 heterocycles. The number of nitrogens with zero attached hydrogens (tertiary/aromatic N) is 4. The SMILES string of the molecule is Cc1cc2c(N3CCCC3c3ccccc3C)nccn2n1. The van der Waals surface area contributed by atoms with Gasteiger partial charge in [-0.2, -0.15) is 5.10 Å². The van der Waals surface area contributed by atoms with Gasteiger partial charge in [0.15, 0.2) is 5.82 Å². The Morgan fingerprint density at radius 2 is 2.05 bits per heavy atom. The maximum Gasteiger partial charge on any atom is 0.155 e. The standard InChI is InChI=1S/C18H20N4/c1-13-6-3-4-7-15(13)16-8-5-10-21(16)18-17-12-14(2)20-22(17)11-9-19-18/h3-4,6-7,9,11-12,16H,5,8,10H2,1-2H3. The van der Waals surface area contributed by atoms with Crippen LogP contribution in [-0.4, -0.2) is 21.1 Å². The van der Waals surface area contributed by atoms with Crippen molar-refractivity contribution in [3.63, 3.8) is 0 Å². The Bertz CT molecular complexity index is 821. The third kappa shape index (κ3) is 2.06. The summed E-state index contributed by atoms with van der Waals surface area (Å²) >= 11 is 0. The van der Waals surface area contributed by atoms with Crippen LogP contribution in [0.1, 0.15) is 35.7 Å². The van der Waals surface area contributed by atoms with Crippen LogP contribution in [0.3, 0.4) is 0 Å².